The first kappa shape index (κ1) is 18.4. The summed E-state index contributed by atoms with van der Waals surface area (Å²) < 4.78 is 13.2. The third-order valence-electron chi connectivity index (χ3n) is 4.54. The van der Waals surface area contributed by atoms with Crippen molar-refractivity contribution in [2.45, 2.75) is 19.8 Å². The van der Waals surface area contributed by atoms with Crippen LogP contribution in [0, 0.1) is 12.7 Å². The zero-order valence-electron chi connectivity index (χ0n) is 15.4. The first-order valence-corrected chi connectivity index (χ1v) is 9.51. The third-order valence-corrected chi connectivity index (χ3v) is 4.95. The van der Waals surface area contributed by atoms with E-state index in [1.165, 1.54) is 12.1 Å². The maximum Gasteiger partial charge on any atom is 0.233 e. The predicted octanol–water partition coefficient (Wildman–Crippen LogP) is 5.06. The summed E-state index contributed by atoms with van der Waals surface area (Å²) in [5, 5.41) is 6.99. The van der Waals surface area contributed by atoms with Gasteiger partial charge in [0.2, 0.25) is 17.8 Å². The van der Waals surface area contributed by atoms with E-state index in [0.717, 1.165) is 37.2 Å². The van der Waals surface area contributed by atoms with Crippen LogP contribution in [0.1, 0.15) is 18.4 Å². The van der Waals surface area contributed by atoms with Crippen LogP contribution in [0.4, 0.5) is 33.6 Å². The van der Waals surface area contributed by atoms with Gasteiger partial charge in [-0.1, -0.05) is 17.7 Å². The summed E-state index contributed by atoms with van der Waals surface area (Å²) in [6, 6.07) is 11.8. The molecule has 0 aliphatic carbocycles. The zero-order valence-corrected chi connectivity index (χ0v) is 16.2. The Morgan fingerprint density at radius 2 is 1.50 bits per heavy atom. The smallest absolute Gasteiger partial charge is 0.233 e. The summed E-state index contributed by atoms with van der Waals surface area (Å²) in [7, 11) is 0. The van der Waals surface area contributed by atoms with E-state index in [-0.39, 0.29) is 5.82 Å². The van der Waals surface area contributed by atoms with Crippen molar-refractivity contribution in [3.63, 3.8) is 0 Å². The van der Waals surface area contributed by atoms with Gasteiger partial charge in [-0.05, 0) is 61.7 Å². The van der Waals surface area contributed by atoms with E-state index in [1.54, 1.807) is 12.1 Å². The van der Waals surface area contributed by atoms with Crippen LogP contribution in [-0.4, -0.2) is 28.0 Å². The number of benzene rings is 2. The van der Waals surface area contributed by atoms with Crippen LogP contribution >= 0.6 is 11.6 Å². The molecule has 1 saturated heterocycles. The van der Waals surface area contributed by atoms with Gasteiger partial charge in [-0.3, -0.25) is 0 Å². The molecule has 0 radical (unpaired) electrons. The van der Waals surface area contributed by atoms with Crippen LogP contribution in [0.2, 0.25) is 5.02 Å². The van der Waals surface area contributed by atoms with Crippen molar-refractivity contribution in [2.24, 2.45) is 0 Å². The fourth-order valence-corrected chi connectivity index (χ4v) is 3.18. The molecule has 3 aromatic rings. The molecule has 0 atom stereocenters. The molecule has 28 heavy (non-hydrogen) atoms. The highest BCUT2D eigenvalue weighted by atomic mass is 35.5. The van der Waals surface area contributed by atoms with Crippen LogP contribution in [0.25, 0.3) is 0 Å². The number of aromatic nitrogens is 3. The van der Waals surface area contributed by atoms with Gasteiger partial charge in [0.25, 0.3) is 0 Å². The monoisotopic (exact) mass is 398 g/mol. The summed E-state index contributed by atoms with van der Waals surface area (Å²) in [4.78, 5) is 15.7. The van der Waals surface area contributed by atoms with E-state index in [4.69, 9.17) is 11.6 Å². The third kappa shape index (κ3) is 4.31. The molecule has 6 nitrogen and oxygen atoms in total. The Balaban J connectivity index is 1.64. The van der Waals surface area contributed by atoms with Gasteiger partial charge in [0.15, 0.2) is 0 Å². The average Bonchev–Trinajstić information content (AvgIpc) is 3.21. The second kappa shape index (κ2) is 7.98. The Hall–Kier alpha value is -2.93. The lowest BCUT2D eigenvalue weighted by atomic mass is 10.2. The minimum Gasteiger partial charge on any atom is -0.341 e. The molecule has 0 spiro atoms. The molecule has 2 heterocycles. The van der Waals surface area contributed by atoms with Crippen molar-refractivity contribution in [3.8, 4) is 0 Å². The maximum atomic E-state index is 13.2. The normalized spacial score (nSPS) is 13.6. The van der Waals surface area contributed by atoms with E-state index in [1.807, 2.05) is 25.1 Å². The molecule has 2 N–H and O–H groups in total. The Labute approximate surface area is 167 Å². The molecule has 2 aromatic carbocycles. The largest absolute Gasteiger partial charge is 0.341 e. The fraction of sp³-hybridized carbons (Fsp3) is 0.250. The fourth-order valence-electron chi connectivity index (χ4n) is 3.00. The van der Waals surface area contributed by atoms with Gasteiger partial charge in [-0.15, -0.1) is 0 Å². The molecule has 0 amide bonds. The molecule has 144 valence electrons. The van der Waals surface area contributed by atoms with Gasteiger partial charge >= 0.3 is 0 Å². The molecule has 1 fully saturated rings. The lowest BCUT2D eigenvalue weighted by Gasteiger charge is -2.17. The molecule has 1 aliphatic heterocycles. The van der Waals surface area contributed by atoms with E-state index in [0.29, 0.717) is 28.6 Å². The standard InChI is InChI=1S/C20H20ClFN6/c1-13-4-7-16(12-17(13)21)24-19-25-18(23-15-8-5-14(22)6-9-15)26-20(27-19)28-10-2-3-11-28/h4-9,12H,2-3,10-11H2,1H3,(H2,23,24,25,26,27). The second-order valence-corrected chi connectivity index (χ2v) is 7.10. The highest BCUT2D eigenvalue weighted by Gasteiger charge is 2.18. The van der Waals surface area contributed by atoms with Gasteiger partial charge in [-0.25, -0.2) is 4.39 Å². The molecular weight excluding hydrogens is 379 g/mol. The Kier molecular flexibility index (Phi) is 5.25. The number of rotatable bonds is 5. The summed E-state index contributed by atoms with van der Waals surface area (Å²) in [5.41, 5.74) is 2.49. The molecular formula is C20H20ClFN6. The predicted molar refractivity (Wildman–Crippen MR) is 110 cm³/mol. The van der Waals surface area contributed by atoms with Crippen molar-refractivity contribution < 1.29 is 4.39 Å². The maximum absolute atomic E-state index is 13.2. The van der Waals surface area contributed by atoms with Crippen molar-refractivity contribution in [2.75, 3.05) is 28.6 Å². The number of hydrogen-bond donors (Lipinski definition) is 2. The number of anilines is 5. The van der Waals surface area contributed by atoms with Crippen molar-refractivity contribution in [1.82, 2.24) is 15.0 Å². The zero-order chi connectivity index (χ0) is 19.5. The molecule has 0 saturated carbocycles. The summed E-state index contributed by atoms with van der Waals surface area (Å²) in [6.07, 6.45) is 2.23. The van der Waals surface area contributed by atoms with Crippen molar-refractivity contribution >= 4 is 40.8 Å². The molecule has 1 aliphatic rings. The summed E-state index contributed by atoms with van der Waals surface area (Å²) in [6.45, 7) is 3.77. The number of nitrogens with zero attached hydrogens (tertiary/aromatic N) is 4. The highest BCUT2D eigenvalue weighted by Crippen LogP contribution is 2.25. The number of nitrogens with one attached hydrogen (secondary N) is 2. The van der Waals surface area contributed by atoms with Gasteiger partial charge in [0, 0.05) is 29.5 Å². The lowest BCUT2D eigenvalue weighted by molar-refractivity contribution is 0.628. The molecule has 4 rings (SSSR count). The van der Waals surface area contributed by atoms with Gasteiger partial charge in [-0.2, -0.15) is 15.0 Å². The number of hydrogen-bond acceptors (Lipinski definition) is 6. The van der Waals surface area contributed by atoms with Crippen LogP contribution < -0.4 is 15.5 Å². The minimum atomic E-state index is -0.294. The van der Waals surface area contributed by atoms with Gasteiger partial charge < -0.3 is 15.5 Å². The van der Waals surface area contributed by atoms with E-state index in [2.05, 4.69) is 30.5 Å². The summed E-state index contributed by atoms with van der Waals surface area (Å²) >= 11 is 6.22. The first-order chi connectivity index (χ1) is 13.6. The number of halogens is 2. The first-order valence-electron chi connectivity index (χ1n) is 9.14. The van der Waals surface area contributed by atoms with Crippen molar-refractivity contribution in [3.05, 3.63) is 58.9 Å². The van der Waals surface area contributed by atoms with E-state index in [9.17, 15) is 4.39 Å². The van der Waals surface area contributed by atoms with E-state index >= 15 is 0 Å². The van der Waals surface area contributed by atoms with Crippen LogP contribution in [0.15, 0.2) is 42.5 Å². The van der Waals surface area contributed by atoms with Crippen molar-refractivity contribution in [1.29, 1.82) is 0 Å². The summed E-state index contributed by atoms with van der Waals surface area (Å²) in [5.74, 6) is 1.13. The Morgan fingerprint density at radius 3 is 2.14 bits per heavy atom. The molecule has 8 heteroatoms. The molecule has 0 unspecified atom stereocenters. The van der Waals surface area contributed by atoms with Crippen LogP contribution in [0.5, 0.6) is 0 Å². The van der Waals surface area contributed by atoms with Crippen LogP contribution in [0.3, 0.4) is 0 Å². The SMILES string of the molecule is Cc1ccc(Nc2nc(Nc3ccc(F)cc3)nc(N3CCCC3)n2)cc1Cl. The Morgan fingerprint density at radius 1 is 0.893 bits per heavy atom. The quantitative estimate of drug-likeness (QED) is 0.626. The second-order valence-electron chi connectivity index (χ2n) is 6.70. The molecule has 0 bridgehead atoms. The topological polar surface area (TPSA) is 66.0 Å². The van der Waals surface area contributed by atoms with Gasteiger partial charge in [0.1, 0.15) is 5.82 Å². The lowest BCUT2D eigenvalue weighted by Crippen LogP contribution is -2.21. The van der Waals surface area contributed by atoms with E-state index < -0.39 is 0 Å². The highest BCUT2D eigenvalue weighted by molar-refractivity contribution is 6.31. The minimum absolute atomic E-state index is 0.294. The number of aryl methyl sites for hydroxylation is 1. The van der Waals surface area contributed by atoms with Crippen LogP contribution in [-0.2, 0) is 0 Å². The molecule has 1 aromatic heterocycles. The average molecular weight is 399 g/mol. The van der Waals surface area contributed by atoms with Gasteiger partial charge in [0.05, 0.1) is 0 Å². The Bertz CT molecular complexity index is 973.